The number of carbonyl (C=O) groups excluding carboxylic acids is 1. The highest BCUT2D eigenvalue weighted by atomic mass is 35.5. The normalized spacial score (nSPS) is 16.8. The van der Waals surface area contributed by atoms with Crippen LogP contribution in [-0.4, -0.2) is 10.7 Å². The maximum atomic E-state index is 13.6. The molecule has 1 aliphatic heterocycles. The number of ether oxygens (including phenoxy) is 1. The van der Waals surface area contributed by atoms with Crippen LogP contribution in [-0.2, 0) is 11.4 Å². The lowest BCUT2D eigenvalue weighted by atomic mass is 9.73. The molecule has 1 unspecified atom stereocenters. The van der Waals surface area contributed by atoms with Crippen molar-refractivity contribution >= 4 is 40.4 Å². The smallest absolute Gasteiger partial charge is 0.289 e. The van der Waals surface area contributed by atoms with Crippen LogP contribution in [0.3, 0.4) is 0 Å². The molecule has 0 bridgehead atoms. The van der Waals surface area contributed by atoms with Gasteiger partial charge in [0.2, 0.25) is 0 Å². The van der Waals surface area contributed by atoms with E-state index in [4.69, 9.17) is 33.7 Å². The third-order valence-electron chi connectivity index (χ3n) is 7.59. The third kappa shape index (κ3) is 5.20. The molecule has 0 spiro atoms. The van der Waals surface area contributed by atoms with Crippen LogP contribution in [0.2, 0.25) is 10.0 Å². The van der Waals surface area contributed by atoms with Gasteiger partial charge in [0.25, 0.3) is 5.69 Å². The van der Waals surface area contributed by atoms with Crippen molar-refractivity contribution in [3.8, 4) is 11.8 Å². The highest BCUT2D eigenvalue weighted by Crippen LogP contribution is 2.48. The lowest BCUT2D eigenvalue weighted by Crippen LogP contribution is -2.39. The second-order valence-corrected chi connectivity index (χ2v) is 11.0. The van der Waals surface area contributed by atoms with Crippen LogP contribution in [0.25, 0.3) is 0 Å². The predicted octanol–water partition coefficient (Wildman–Crippen LogP) is 7.54. The number of Topliss-reactive ketones (excluding diaryl/α,β-unsaturated/α-hetero) is 1. The average Bonchev–Trinajstić information content (AvgIpc) is 2.94. The van der Waals surface area contributed by atoms with E-state index in [1.165, 1.54) is 30.3 Å². The Hall–Kier alpha value is -4.39. The summed E-state index contributed by atoms with van der Waals surface area (Å²) in [5, 5.41) is 22.1. The molecular formula is C31H25Cl2FN4O4. The van der Waals surface area contributed by atoms with E-state index in [-0.39, 0.29) is 39.5 Å². The Morgan fingerprint density at radius 2 is 1.90 bits per heavy atom. The first-order valence-electron chi connectivity index (χ1n) is 13.1. The monoisotopic (exact) mass is 606 g/mol. The maximum absolute atomic E-state index is 13.6. The Balaban J connectivity index is 1.64. The number of aryl methyl sites for hydroxylation is 1. The number of hydrogen-bond acceptors (Lipinski definition) is 7. The molecule has 2 N–H and O–H groups in total. The Kier molecular flexibility index (Phi) is 7.95. The van der Waals surface area contributed by atoms with Gasteiger partial charge in [-0.25, -0.2) is 4.39 Å². The highest BCUT2D eigenvalue weighted by molar-refractivity contribution is 6.32. The molecule has 0 fully saturated rings. The number of nitro benzene ring substituents is 1. The standard InChI is InChI=1S/C31H25Cl2FN4O4/c1-16-10-18(15-42-28-9-6-19(34)12-24(28)33)17(2)21(11-16)29-22(14-35)31(36)37(25-4-3-5-27(39)30(25)29)20-7-8-23(32)26(13-20)38(40)41/h6-13,29H,3-5,15,36H2,1-2H3. The van der Waals surface area contributed by atoms with Crippen LogP contribution in [0.5, 0.6) is 5.75 Å². The number of halogens is 3. The number of nitro groups is 1. The summed E-state index contributed by atoms with van der Waals surface area (Å²) < 4.78 is 19.4. The summed E-state index contributed by atoms with van der Waals surface area (Å²) in [4.78, 5) is 26.2. The van der Waals surface area contributed by atoms with E-state index in [2.05, 4.69) is 6.07 Å². The van der Waals surface area contributed by atoms with Gasteiger partial charge in [0.1, 0.15) is 29.0 Å². The molecule has 214 valence electrons. The van der Waals surface area contributed by atoms with E-state index >= 15 is 0 Å². The zero-order chi connectivity index (χ0) is 30.3. The van der Waals surface area contributed by atoms with Crippen molar-refractivity contribution in [3.05, 3.63) is 119 Å². The number of benzene rings is 3. The van der Waals surface area contributed by atoms with Gasteiger partial charge in [0, 0.05) is 23.8 Å². The third-order valence-corrected chi connectivity index (χ3v) is 8.20. The number of hydrogen-bond donors (Lipinski definition) is 1. The van der Waals surface area contributed by atoms with E-state index in [9.17, 15) is 24.6 Å². The number of allylic oxidation sites excluding steroid dienone is 3. The van der Waals surface area contributed by atoms with Crippen LogP contribution in [0, 0.1) is 41.1 Å². The first-order valence-corrected chi connectivity index (χ1v) is 13.8. The molecule has 3 aromatic carbocycles. The zero-order valence-electron chi connectivity index (χ0n) is 22.7. The molecule has 1 heterocycles. The molecule has 2 aliphatic rings. The Morgan fingerprint density at radius 3 is 2.60 bits per heavy atom. The van der Waals surface area contributed by atoms with Gasteiger partial charge < -0.3 is 10.5 Å². The summed E-state index contributed by atoms with van der Waals surface area (Å²) in [7, 11) is 0. The molecule has 0 amide bonds. The molecule has 42 heavy (non-hydrogen) atoms. The van der Waals surface area contributed by atoms with E-state index in [1.54, 1.807) is 11.0 Å². The second-order valence-electron chi connectivity index (χ2n) is 10.2. The van der Waals surface area contributed by atoms with Crippen molar-refractivity contribution in [1.82, 2.24) is 0 Å². The number of nitrogens with zero attached hydrogens (tertiary/aromatic N) is 3. The molecule has 5 rings (SSSR count). The number of rotatable bonds is 6. The van der Waals surface area contributed by atoms with E-state index in [1.807, 2.05) is 26.0 Å². The second kappa shape index (κ2) is 11.5. The van der Waals surface area contributed by atoms with Gasteiger partial charge in [-0.1, -0.05) is 40.9 Å². The average molecular weight is 607 g/mol. The Labute approximate surface area is 251 Å². The minimum Gasteiger partial charge on any atom is -0.487 e. The summed E-state index contributed by atoms with van der Waals surface area (Å²) in [6.07, 6.45) is 1.35. The minimum atomic E-state index is -0.746. The number of carbonyl (C=O) groups is 1. The van der Waals surface area contributed by atoms with E-state index in [0.717, 1.165) is 22.3 Å². The topological polar surface area (TPSA) is 122 Å². The summed E-state index contributed by atoms with van der Waals surface area (Å²) in [6, 6.07) is 14.2. The lowest BCUT2D eigenvalue weighted by Gasteiger charge is -2.40. The van der Waals surface area contributed by atoms with Crippen molar-refractivity contribution in [2.75, 3.05) is 4.90 Å². The van der Waals surface area contributed by atoms with Crippen molar-refractivity contribution in [3.63, 3.8) is 0 Å². The van der Waals surface area contributed by atoms with Gasteiger partial charge in [-0.15, -0.1) is 0 Å². The van der Waals surface area contributed by atoms with Crippen LogP contribution in [0.4, 0.5) is 15.8 Å². The van der Waals surface area contributed by atoms with Crippen molar-refractivity contribution in [2.45, 2.75) is 45.6 Å². The fourth-order valence-electron chi connectivity index (χ4n) is 5.63. The van der Waals surface area contributed by atoms with Crippen molar-refractivity contribution < 1.29 is 18.8 Å². The molecular weight excluding hydrogens is 582 g/mol. The number of nitrogens with two attached hydrogens (primary N) is 1. The van der Waals surface area contributed by atoms with Gasteiger partial charge in [-0.05, 0) is 73.7 Å². The maximum Gasteiger partial charge on any atom is 0.289 e. The first kappa shape index (κ1) is 29.1. The summed E-state index contributed by atoms with van der Waals surface area (Å²) >= 11 is 12.2. The summed E-state index contributed by atoms with van der Waals surface area (Å²) in [6.45, 7) is 3.89. The molecule has 11 heteroatoms. The molecule has 0 aromatic heterocycles. The molecule has 0 radical (unpaired) electrons. The van der Waals surface area contributed by atoms with Gasteiger partial charge in [-0.3, -0.25) is 19.8 Å². The van der Waals surface area contributed by atoms with Gasteiger partial charge >= 0.3 is 0 Å². The lowest BCUT2D eigenvalue weighted by molar-refractivity contribution is -0.384. The van der Waals surface area contributed by atoms with Crippen LogP contribution in [0.1, 0.15) is 47.4 Å². The van der Waals surface area contributed by atoms with E-state index in [0.29, 0.717) is 42.0 Å². The van der Waals surface area contributed by atoms with Crippen molar-refractivity contribution in [2.24, 2.45) is 5.73 Å². The van der Waals surface area contributed by atoms with E-state index < -0.39 is 16.7 Å². The molecule has 8 nitrogen and oxygen atoms in total. The van der Waals surface area contributed by atoms with Gasteiger partial charge in [0.05, 0.1) is 33.2 Å². The fourth-order valence-corrected chi connectivity index (χ4v) is 6.04. The van der Waals surface area contributed by atoms with Gasteiger partial charge in [0.15, 0.2) is 5.78 Å². The summed E-state index contributed by atoms with van der Waals surface area (Å²) in [5.74, 6) is -0.934. The number of anilines is 1. The predicted molar refractivity (Wildman–Crippen MR) is 158 cm³/mol. The molecule has 0 saturated heterocycles. The van der Waals surface area contributed by atoms with Crippen LogP contribution in [0.15, 0.2) is 71.2 Å². The molecule has 1 aliphatic carbocycles. The minimum absolute atomic E-state index is 0.0392. The molecule has 3 aromatic rings. The van der Waals surface area contributed by atoms with Gasteiger partial charge in [-0.2, -0.15) is 5.26 Å². The van der Waals surface area contributed by atoms with Crippen LogP contribution < -0.4 is 15.4 Å². The fraction of sp³-hybridized carbons (Fsp3) is 0.226. The zero-order valence-corrected chi connectivity index (χ0v) is 24.2. The van der Waals surface area contributed by atoms with Crippen LogP contribution >= 0.6 is 23.2 Å². The van der Waals surface area contributed by atoms with Crippen molar-refractivity contribution in [1.29, 1.82) is 5.26 Å². The Bertz CT molecular complexity index is 1760. The largest absolute Gasteiger partial charge is 0.487 e. The number of ketones is 1. The first-order chi connectivity index (χ1) is 20.0. The highest BCUT2D eigenvalue weighted by Gasteiger charge is 2.41. The quantitative estimate of drug-likeness (QED) is 0.227. The molecule has 0 saturated carbocycles. The summed E-state index contributed by atoms with van der Waals surface area (Å²) in [5.41, 5.74) is 11.1. The SMILES string of the molecule is Cc1cc(COc2ccc(F)cc2Cl)c(C)c(C2C(C#N)=C(N)N(c3ccc(Cl)c([N+](=O)[O-])c3)C3=C2C(=O)CCC3)c1. The molecule has 1 atom stereocenters. The Morgan fingerprint density at radius 1 is 1.14 bits per heavy atom. The number of nitriles is 1.